The second kappa shape index (κ2) is 11.7. The third-order valence-corrected chi connectivity index (χ3v) is 6.94. The molecule has 0 heterocycles. The number of benzene rings is 3. The van der Waals surface area contributed by atoms with E-state index in [-0.39, 0.29) is 30.3 Å². The monoisotopic (exact) mass is 496 g/mol. The molecule has 3 nitrogen and oxygen atoms in total. The minimum absolute atomic E-state index is 0.0479. The number of hydrogen-bond acceptors (Lipinski definition) is 3. The Labute approximate surface area is 210 Å². The lowest BCUT2D eigenvalue weighted by Gasteiger charge is -2.30. The Hall–Kier alpha value is -3.25. The van der Waals surface area contributed by atoms with Crippen LogP contribution in [0, 0.1) is 23.4 Å². The van der Waals surface area contributed by atoms with Crippen LogP contribution in [0.3, 0.4) is 0 Å². The van der Waals surface area contributed by atoms with Gasteiger partial charge in [-0.15, -0.1) is 0 Å². The van der Waals surface area contributed by atoms with E-state index in [1.165, 1.54) is 12.1 Å². The highest BCUT2D eigenvalue weighted by Crippen LogP contribution is 2.39. The van der Waals surface area contributed by atoms with Crippen LogP contribution in [0.15, 0.2) is 67.3 Å². The molecule has 0 spiro atoms. The number of aliphatic hydroxyl groups is 1. The third kappa shape index (κ3) is 5.93. The molecule has 0 radical (unpaired) electrons. The molecule has 1 atom stereocenters. The van der Waals surface area contributed by atoms with E-state index in [0.717, 1.165) is 31.2 Å². The van der Waals surface area contributed by atoms with Gasteiger partial charge in [0.15, 0.2) is 11.6 Å². The number of hydrogen-bond donors (Lipinski definition) is 1. The summed E-state index contributed by atoms with van der Waals surface area (Å²) in [5.41, 5.74) is 2.22. The maximum absolute atomic E-state index is 14.9. The fourth-order valence-corrected chi connectivity index (χ4v) is 4.80. The van der Waals surface area contributed by atoms with Gasteiger partial charge in [-0.2, -0.15) is 4.39 Å². The number of ether oxygens (including phenoxy) is 2. The molecule has 0 aromatic heterocycles. The zero-order chi connectivity index (χ0) is 25.7. The molecule has 0 amide bonds. The van der Waals surface area contributed by atoms with E-state index in [1.54, 1.807) is 55.5 Å². The lowest BCUT2D eigenvalue weighted by molar-refractivity contribution is 0.0963. The topological polar surface area (TPSA) is 38.7 Å². The molecule has 3 aromatic rings. The van der Waals surface area contributed by atoms with Gasteiger partial charge in [-0.25, -0.2) is 8.78 Å². The molecular weight excluding hydrogens is 465 g/mol. The Morgan fingerprint density at radius 2 is 1.67 bits per heavy atom. The van der Waals surface area contributed by atoms with Crippen LogP contribution < -0.4 is 9.47 Å². The van der Waals surface area contributed by atoms with Crippen molar-refractivity contribution in [3.8, 4) is 22.6 Å². The molecule has 1 aliphatic rings. The van der Waals surface area contributed by atoms with Crippen LogP contribution in [-0.4, -0.2) is 17.8 Å². The quantitative estimate of drug-likeness (QED) is 0.311. The molecule has 1 aliphatic carbocycles. The van der Waals surface area contributed by atoms with Crippen molar-refractivity contribution in [2.75, 3.05) is 6.61 Å². The number of halogens is 3. The summed E-state index contributed by atoms with van der Waals surface area (Å²) >= 11 is 0. The van der Waals surface area contributed by atoms with Gasteiger partial charge in [0, 0.05) is 11.6 Å². The van der Waals surface area contributed by atoms with Gasteiger partial charge in [-0.1, -0.05) is 43.0 Å². The van der Waals surface area contributed by atoms with Crippen LogP contribution in [0.4, 0.5) is 13.2 Å². The maximum atomic E-state index is 14.9. The predicted molar refractivity (Wildman–Crippen MR) is 135 cm³/mol. The molecule has 1 unspecified atom stereocenters. The summed E-state index contributed by atoms with van der Waals surface area (Å²) in [4.78, 5) is 0. The fourth-order valence-electron chi connectivity index (χ4n) is 4.80. The zero-order valence-electron chi connectivity index (χ0n) is 20.4. The molecule has 0 aliphatic heterocycles. The molecule has 4 rings (SSSR count). The zero-order valence-corrected chi connectivity index (χ0v) is 20.4. The van der Waals surface area contributed by atoms with Crippen molar-refractivity contribution in [1.29, 1.82) is 0 Å². The van der Waals surface area contributed by atoms with Crippen LogP contribution in [-0.2, 0) is 6.61 Å². The highest BCUT2D eigenvalue weighted by Gasteiger charge is 2.28. The number of rotatable bonds is 9. The summed E-state index contributed by atoms with van der Waals surface area (Å²) in [5, 5.41) is 9.77. The summed E-state index contributed by atoms with van der Waals surface area (Å²) in [6, 6.07) is 14.8. The van der Waals surface area contributed by atoms with Gasteiger partial charge >= 0.3 is 0 Å². The molecule has 1 N–H and O–H groups in total. The highest BCUT2D eigenvalue weighted by molar-refractivity contribution is 5.65. The first-order valence-corrected chi connectivity index (χ1v) is 12.3. The van der Waals surface area contributed by atoms with Crippen molar-refractivity contribution in [3.63, 3.8) is 0 Å². The van der Waals surface area contributed by atoms with Gasteiger partial charge in [0.25, 0.3) is 0 Å². The van der Waals surface area contributed by atoms with Crippen molar-refractivity contribution in [2.45, 2.75) is 51.2 Å². The van der Waals surface area contributed by atoms with Crippen LogP contribution in [0.1, 0.15) is 49.7 Å². The van der Waals surface area contributed by atoms with Crippen molar-refractivity contribution < 1.29 is 27.8 Å². The van der Waals surface area contributed by atoms with Crippen LogP contribution in [0.25, 0.3) is 11.1 Å². The van der Waals surface area contributed by atoms with Gasteiger partial charge in [-0.05, 0) is 79.3 Å². The summed E-state index contributed by atoms with van der Waals surface area (Å²) in [5.74, 6) is -1.80. The van der Waals surface area contributed by atoms with Crippen molar-refractivity contribution in [3.05, 3.63) is 95.8 Å². The molecule has 0 saturated heterocycles. The SMILES string of the molecule is C=CCOc1ccc(-c2ccc(COc3ccc(C4CCC(C(C)O)CC4)c(F)c3F)cc2)c(F)c1. The van der Waals surface area contributed by atoms with E-state index in [2.05, 4.69) is 6.58 Å². The first kappa shape index (κ1) is 25.8. The van der Waals surface area contributed by atoms with E-state index < -0.39 is 17.5 Å². The smallest absolute Gasteiger partial charge is 0.200 e. The molecule has 6 heteroatoms. The van der Waals surface area contributed by atoms with Gasteiger partial charge in [0.1, 0.15) is 24.8 Å². The average molecular weight is 497 g/mol. The molecule has 1 saturated carbocycles. The third-order valence-electron chi connectivity index (χ3n) is 6.94. The lowest BCUT2D eigenvalue weighted by Crippen LogP contribution is -2.23. The predicted octanol–water partition coefficient (Wildman–Crippen LogP) is 7.57. The van der Waals surface area contributed by atoms with E-state index in [4.69, 9.17) is 9.47 Å². The fraction of sp³-hybridized carbons (Fsp3) is 0.333. The Morgan fingerprint density at radius 1 is 0.944 bits per heavy atom. The minimum atomic E-state index is -0.984. The summed E-state index contributed by atoms with van der Waals surface area (Å²) in [6.45, 7) is 5.69. The second-order valence-corrected chi connectivity index (χ2v) is 9.36. The molecule has 190 valence electrons. The van der Waals surface area contributed by atoms with Crippen molar-refractivity contribution >= 4 is 0 Å². The van der Waals surface area contributed by atoms with Crippen molar-refractivity contribution in [1.82, 2.24) is 0 Å². The highest BCUT2D eigenvalue weighted by atomic mass is 19.2. The van der Waals surface area contributed by atoms with Gasteiger partial charge in [-0.3, -0.25) is 0 Å². The number of aliphatic hydroxyl groups excluding tert-OH is 1. The summed E-state index contributed by atoms with van der Waals surface area (Å²) < 4.78 is 55.1. The minimum Gasteiger partial charge on any atom is -0.489 e. The van der Waals surface area contributed by atoms with E-state index in [0.29, 0.717) is 29.0 Å². The van der Waals surface area contributed by atoms with Crippen LogP contribution in [0.5, 0.6) is 11.5 Å². The van der Waals surface area contributed by atoms with E-state index >= 15 is 0 Å². The Morgan fingerprint density at radius 3 is 2.31 bits per heavy atom. The Bertz CT molecular complexity index is 1180. The molecule has 0 bridgehead atoms. The van der Waals surface area contributed by atoms with Crippen LogP contribution >= 0.6 is 0 Å². The first-order valence-electron chi connectivity index (χ1n) is 12.3. The molecule has 3 aromatic carbocycles. The average Bonchev–Trinajstić information content (AvgIpc) is 2.89. The van der Waals surface area contributed by atoms with Gasteiger partial charge < -0.3 is 14.6 Å². The Kier molecular flexibility index (Phi) is 8.36. The van der Waals surface area contributed by atoms with Crippen molar-refractivity contribution in [2.24, 2.45) is 5.92 Å². The van der Waals surface area contributed by atoms with Crippen LogP contribution in [0.2, 0.25) is 0 Å². The molecule has 1 fully saturated rings. The molecule has 36 heavy (non-hydrogen) atoms. The summed E-state index contributed by atoms with van der Waals surface area (Å²) in [6.07, 6.45) is 4.27. The lowest BCUT2D eigenvalue weighted by atomic mass is 9.77. The summed E-state index contributed by atoms with van der Waals surface area (Å²) in [7, 11) is 0. The van der Waals surface area contributed by atoms with Gasteiger partial charge in [0.2, 0.25) is 5.82 Å². The molecular formula is C30H31F3O3. The second-order valence-electron chi connectivity index (χ2n) is 9.36. The largest absolute Gasteiger partial charge is 0.489 e. The first-order chi connectivity index (χ1) is 17.4. The van der Waals surface area contributed by atoms with E-state index in [9.17, 15) is 18.3 Å². The standard InChI is InChI=1S/C30H31F3O3/c1-3-16-35-24-12-13-25(27(31)17-24)22-6-4-20(5-7-22)18-36-28-15-14-26(29(32)30(28)33)23-10-8-21(9-11-23)19(2)34/h3-7,12-15,17,19,21,23,34H,1,8-11,16,18H2,2H3. The van der Waals surface area contributed by atoms with Gasteiger partial charge in [0.05, 0.1) is 6.10 Å². The Balaban J connectivity index is 1.39. The maximum Gasteiger partial charge on any atom is 0.200 e. The van der Waals surface area contributed by atoms with E-state index in [1.807, 2.05) is 0 Å². The normalized spacial score (nSPS) is 18.5.